The molecule has 0 radical (unpaired) electrons. The summed E-state index contributed by atoms with van der Waals surface area (Å²) in [5, 5.41) is 0. The van der Waals surface area contributed by atoms with Gasteiger partial charge in [-0.15, -0.1) is 0 Å². The van der Waals surface area contributed by atoms with Crippen LogP contribution in [0.1, 0.15) is 51.0 Å². The van der Waals surface area contributed by atoms with E-state index in [2.05, 4.69) is 4.98 Å². The number of pyridine rings is 1. The van der Waals surface area contributed by atoms with E-state index in [9.17, 15) is 4.79 Å². The van der Waals surface area contributed by atoms with Crippen LogP contribution in [0.2, 0.25) is 0 Å². The molecule has 0 atom stereocenters. The Hall–Kier alpha value is -1.60. The van der Waals surface area contributed by atoms with Crippen LogP contribution < -0.4 is 15.9 Å². The van der Waals surface area contributed by atoms with Gasteiger partial charge in [0.05, 0.1) is 17.3 Å². The Morgan fingerprint density at radius 2 is 1.91 bits per heavy atom. The van der Waals surface area contributed by atoms with E-state index in [0.29, 0.717) is 11.2 Å². The van der Waals surface area contributed by atoms with Crippen LogP contribution in [0.25, 0.3) is 0 Å². The summed E-state index contributed by atoms with van der Waals surface area (Å²) in [7, 11) is -0.576. The molecule has 1 aromatic heterocycles. The molecule has 1 aromatic rings. The van der Waals surface area contributed by atoms with Crippen LogP contribution in [0.5, 0.6) is 5.75 Å². The molecule has 1 aliphatic heterocycles. The molecule has 0 bridgehead atoms. The molecular formula is C15H21BN2O4. The number of carbonyl (C=O) groups is 1. The van der Waals surface area contributed by atoms with Crippen molar-refractivity contribution in [1.82, 2.24) is 4.98 Å². The van der Waals surface area contributed by atoms with Crippen LogP contribution in [-0.4, -0.2) is 35.3 Å². The van der Waals surface area contributed by atoms with E-state index in [4.69, 9.17) is 19.8 Å². The van der Waals surface area contributed by atoms with Crippen molar-refractivity contribution < 1.29 is 18.8 Å². The van der Waals surface area contributed by atoms with E-state index in [0.717, 1.165) is 12.8 Å². The minimum Gasteiger partial charge on any atom is -0.491 e. The van der Waals surface area contributed by atoms with Crippen LogP contribution >= 0.6 is 0 Å². The highest BCUT2D eigenvalue weighted by molar-refractivity contribution is 6.63. The van der Waals surface area contributed by atoms with Gasteiger partial charge in [-0.1, -0.05) is 0 Å². The molecule has 0 unspecified atom stereocenters. The Balaban J connectivity index is 1.94. The fraction of sp³-hybridized carbons (Fsp3) is 0.600. The Morgan fingerprint density at radius 1 is 1.32 bits per heavy atom. The third-order valence-corrected chi connectivity index (χ3v) is 4.47. The van der Waals surface area contributed by atoms with Gasteiger partial charge in [-0.05, 0) is 40.5 Å². The lowest BCUT2D eigenvalue weighted by atomic mass is 9.79. The molecule has 2 aliphatic rings. The molecule has 3 rings (SSSR count). The molecule has 2 fully saturated rings. The topological polar surface area (TPSA) is 83.7 Å². The van der Waals surface area contributed by atoms with Gasteiger partial charge in [-0.2, -0.15) is 0 Å². The van der Waals surface area contributed by atoms with Crippen LogP contribution in [-0.2, 0) is 9.31 Å². The quantitative estimate of drug-likeness (QED) is 0.840. The fourth-order valence-electron chi connectivity index (χ4n) is 2.20. The molecule has 0 aromatic carbocycles. The average molecular weight is 304 g/mol. The molecule has 1 amide bonds. The normalized spacial score (nSPS) is 22.6. The molecule has 2 heterocycles. The lowest BCUT2D eigenvalue weighted by Gasteiger charge is -2.32. The Bertz CT molecular complexity index is 598. The Morgan fingerprint density at radius 3 is 2.41 bits per heavy atom. The molecule has 7 heteroatoms. The summed E-state index contributed by atoms with van der Waals surface area (Å²) in [6.45, 7) is 7.94. The molecule has 1 saturated carbocycles. The van der Waals surface area contributed by atoms with Crippen LogP contribution in [0.15, 0.2) is 12.3 Å². The number of rotatable bonds is 4. The highest BCUT2D eigenvalue weighted by Crippen LogP contribution is 2.37. The number of nitrogens with two attached hydrogens (primary N) is 1. The van der Waals surface area contributed by atoms with E-state index in [1.807, 2.05) is 27.7 Å². The zero-order valence-corrected chi connectivity index (χ0v) is 13.4. The molecule has 1 aliphatic carbocycles. The van der Waals surface area contributed by atoms with Gasteiger partial charge in [0.15, 0.2) is 0 Å². The first kappa shape index (κ1) is 15.3. The van der Waals surface area contributed by atoms with Gasteiger partial charge in [0.2, 0.25) is 0 Å². The SMILES string of the molecule is CC1(C)OB(c2cnc(C(N)=O)cc2OC2CC2)OC1(C)C. The standard InChI is InChI=1S/C15H21BN2O4/c1-14(2)15(3,4)22-16(21-14)10-8-18-11(13(17)19)7-12(10)20-9-5-6-9/h7-9H,5-6H2,1-4H3,(H2,17,19). The number of hydrogen-bond donors (Lipinski definition) is 1. The van der Waals surface area contributed by atoms with Crippen LogP contribution in [0.3, 0.4) is 0 Å². The van der Waals surface area contributed by atoms with Gasteiger partial charge in [-0.25, -0.2) is 0 Å². The number of carbonyl (C=O) groups excluding carboxylic acids is 1. The van der Waals surface area contributed by atoms with E-state index < -0.39 is 24.2 Å². The lowest BCUT2D eigenvalue weighted by molar-refractivity contribution is 0.00578. The summed E-state index contributed by atoms with van der Waals surface area (Å²) in [6.07, 6.45) is 3.76. The highest BCUT2D eigenvalue weighted by Gasteiger charge is 2.52. The van der Waals surface area contributed by atoms with Gasteiger partial charge in [0, 0.05) is 17.7 Å². The molecule has 2 N–H and O–H groups in total. The number of nitrogens with zero attached hydrogens (tertiary/aromatic N) is 1. The summed E-state index contributed by atoms with van der Waals surface area (Å²) in [5.74, 6) is -0.0223. The van der Waals surface area contributed by atoms with E-state index in [1.54, 1.807) is 12.3 Å². The van der Waals surface area contributed by atoms with Crippen LogP contribution in [0, 0.1) is 0 Å². The highest BCUT2D eigenvalue weighted by atomic mass is 16.7. The number of ether oxygens (including phenoxy) is 1. The van der Waals surface area contributed by atoms with Crippen molar-refractivity contribution in [3.05, 3.63) is 18.0 Å². The summed E-state index contributed by atoms with van der Waals surface area (Å²) in [4.78, 5) is 15.4. The number of aromatic nitrogens is 1. The summed E-state index contributed by atoms with van der Waals surface area (Å²) < 4.78 is 18.0. The van der Waals surface area contributed by atoms with Crippen molar-refractivity contribution in [2.45, 2.75) is 57.8 Å². The van der Waals surface area contributed by atoms with Crippen LogP contribution in [0.4, 0.5) is 0 Å². The minimum atomic E-state index is -0.582. The first-order valence-corrected chi connectivity index (χ1v) is 7.52. The van der Waals surface area contributed by atoms with E-state index in [-0.39, 0.29) is 11.8 Å². The van der Waals surface area contributed by atoms with Gasteiger partial charge < -0.3 is 19.8 Å². The zero-order valence-electron chi connectivity index (χ0n) is 13.4. The van der Waals surface area contributed by atoms with Crippen molar-refractivity contribution in [3.63, 3.8) is 0 Å². The number of amides is 1. The second kappa shape index (κ2) is 4.96. The average Bonchev–Trinajstić information content (AvgIpc) is 3.17. The largest absolute Gasteiger partial charge is 0.500 e. The summed E-state index contributed by atoms with van der Waals surface area (Å²) in [5.41, 5.74) is 5.27. The van der Waals surface area contributed by atoms with E-state index in [1.165, 1.54) is 0 Å². The van der Waals surface area contributed by atoms with Crippen molar-refractivity contribution >= 4 is 18.5 Å². The zero-order chi connectivity index (χ0) is 16.1. The van der Waals surface area contributed by atoms with Crippen molar-refractivity contribution in [2.24, 2.45) is 5.73 Å². The molecule has 0 spiro atoms. The maximum atomic E-state index is 11.3. The van der Waals surface area contributed by atoms with Crippen molar-refractivity contribution in [1.29, 1.82) is 0 Å². The molecule has 22 heavy (non-hydrogen) atoms. The fourth-order valence-corrected chi connectivity index (χ4v) is 2.20. The van der Waals surface area contributed by atoms with Gasteiger partial charge in [0.1, 0.15) is 11.4 Å². The molecule has 6 nitrogen and oxygen atoms in total. The minimum absolute atomic E-state index is 0.177. The van der Waals surface area contributed by atoms with Gasteiger partial charge >= 0.3 is 7.12 Å². The second-order valence-electron chi connectivity index (χ2n) is 6.88. The first-order valence-electron chi connectivity index (χ1n) is 7.52. The number of primary amides is 1. The number of hydrogen-bond acceptors (Lipinski definition) is 5. The van der Waals surface area contributed by atoms with Crippen molar-refractivity contribution in [2.75, 3.05) is 0 Å². The van der Waals surface area contributed by atoms with Gasteiger partial charge in [0.25, 0.3) is 5.91 Å². The molecular weight excluding hydrogens is 283 g/mol. The third-order valence-electron chi connectivity index (χ3n) is 4.47. The summed E-state index contributed by atoms with van der Waals surface area (Å²) >= 11 is 0. The maximum absolute atomic E-state index is 11.3. The van der Waals surface area contributed by atoms with E-state index >= 15 is 0 Å². The predicted octanol–water partition coefficient (Wildman–Crippen LogP) is 1.02. The maximum Gasteiger partial charge on any atom is 0.500 e. The first-order chi connectivity index (χ1) is 10.2. The Labute approximate surface area is 130 Å². The summed E-state index contributed by atoms with van der Waals surface area (Å²) in [6, 6.07) is 1.57. The smallest absolute Gasteiger partial charge is 0.491 e. The molecule has 1 saturated heterocycles. The predicted molar refractivity (Wildman–Crippen MR) is 82.1 cm³/mol. The lowest BCUT2D eigenvalue weighted by Crippen LogP contribution is -2.41. The van der Waals surface area contributed by atoms with Crippen molar-refractivity contribution in [3.8, 4) is 5.75 Å². The second-order valence-corrected chi connectivity index (χ2v) is 6.88. The Kier molecular flexibility index (Phi) is 3.45. The molecule has 118 valence electrons. The van der Waals surface area contributed by atoms with Gasteiger partial charge in [-0.3, -0.25) is 9.78 Å². The monoisotopic (exact) mass is 304 g/mol. The third kappa shape index (κ3) is 2.70.